The Hall–Kier alpha value is -2.23. The minimum Gasteiger partial charge on any atom is -0.340 e. The molecule has 3 aliphatic rings. The second kappa shape index (κ2) is 6.43. The molecule has 3 amide bonds. The van der Waals surface area contributed by atoms with Gasteiger partial charge in [-0.05, 0) is 25.7 Å². The van der Waals surface area contributed by atoms with Crippen LogP contribution in [0.5, 0.6) is 0 Å². The molecule has 2 saturated heterocycles. The molecule has 2 fully saturated rings. The number of sulfone groups is 1. The number of carbonyl (C=O) groups excluding carboxylic acids is 2. The van der Waals surface area contributed by atoms with Gasteiger partial charge in [0.05, 0.1) is 6.54 Å². The highest BCUT2D eigenvalue weighted by molar-refractivity contribution is 7.90. The molecule has 9 nitrogen and oxygen atoms in total. The lowest BCUT2D eigenvalue weighted by molar-refractivity contribution is -0.138. The Morgan fingerprint density at radius 2 is 1.89 bits per heavy atom. The van der Waals surface area contributed by atoms with Gasteiger partial charge in [-0.25, -0.2) is 23.2 Å². The van der Waals surface area contributed by atoms with Crippen molar-refractivity contribution in [2.24, 2.45) is 0 Å². The van der Waals surface area contributed by atoms with Crippen LogP contribution in [0.4, 0.5) is 10.6 Å². The van der Waals surface area contributed by atoms with Crippen LogP contribution in [-0.4, -0.2) is 72.1 Å². The SMILES string of the molecule is CN1C(=O)N(C2CCN3C(=O)CCC[C@H]3C2)Cc2cnc(S(C)(=O)=O)nc21. The van der Waals surface area contributed by atoms with Gasteiger partial charge < -0.3 is 9.80 Å². The minimum atomic E-state index is -3.54. The highest BCUT2D eigenvalue weighted by atomic mass is 32.2. The predicted octanol–water partition coefficient (Wildman–Crippen LogP) is 0.795. The molecular weight excluding hydrogens is 370 g/mol. The number of amides is 3. The van der Waals surface area contributed by atoms with Gasteiger partial charge in [0.1, 0.15) is 5.82 Å². The van der Waals surface area contributed by atoms with E-state index in [4.69, 9.17) is 0 Å². The topological polar surface area (TPSA) is 104 Å². The lowest BCUT2D eigenvalue weighted by atomic mass is 9.88. The molecule has 0 bridgehead atoms. The van der Waals surface area contributed by atoms with Gasteiger partial charge in [0, 0.05) is 50.1 Å². The van der Waals surface area contributed by atoms with Gasteiger partial charge in [-0.2, -0.15) is 0 Å². The average molecular weight is 393 g/mol. The zero-order chi connectivity index (χ0) is 19.3. The fourth-order valence-corrected chi connectivity index (χ4v) is 4.83. The maximum absolute atomic E-state index is 12.9. The molecule has 10 heteroatoms. The van der Waals surface area contributed by atoms with Crippen molar-refractivity contribution in [3.05, 3.63) is 11.8 Å². The lowest BCUT2D eigenvalue weighted by Gasteiger charge is -2.47. The third kappa shape index (κ3) is 3.15. The van der Waals surface area contributed by atoms with E-state index in [2.05, 4.69) is 9.97 Å². The van der Waals surface area contributed by atoms with E-state index >= 15 is 0 Å². The summed E-state index contributed by atoms with van der Waals surface area (Å²) >= 11 is 0. The number of rotatable bonds is 2. The number of urea groups is 1. The first-order chi connectivity index (χ1) is 12.8. The zero-order valence-electron chi connectivity index (χ0n) is 15.5. The zero-order valence-corrected chi connectivity index (χ0v) is 16.3. The van der Waals surface area contributed by atoms with Gasteiger partial charge in [-0.1, -0.05) is 0 Å². The molecule has 1 aromatic rings. The molecule has 3 aliphatic heterocycles. The Morgan fingerprint density at radius 3 is 2.63 bits per heavy atom. The summed E-state index contributed by atoms with van der Waals surface area (Å²) in [5.74, 6) is 0.566. The van der Waals surface area contributed by atoms with E-state index in [-0.39, 0.29) is 29.2 Å². The third-order valence-corrected chi connectivity index (χ3v) is 6.58. The average Bonchev–Trinajstić information content (AvgIpc) is 2.63. The van der Waals surface area contributed by atoms with Crippen LogP contribution < -0.4 is 4.90 Å². The monoisotopic (exact) mass is 393 g/mol. The summed E-state index contributed by atoms with van der Waals surface area (Å²) in [5.41, 5.74) is 0.728. The molecule has 27 heavy (non-hydrogen) atoms. The first-order valence-electron chi connectivity index (χ1n) is 9.15. The van der Waals surface area contributed by atoms with Crippen LogP contribution in [0.2, 0.25) is 0 Å². The molecule has 2 atom stereocenters. The van der Waals surface area contributed by atoms with Crippen molar-refractivity contribution in [2.45, 2.75) is 55.9 Å². The van der Waals surface area contributed by atoms with Crippen LogP contribution in [0, 0.1) is 0 Å². The summed E-state index contributed by atoms with van der Waals surface area (Å²) in [7, 11) is -1.94. The molecule has 4 rings (SSSR count). The lowest BCUT2D eigenvalue weighted by Crippen LogP contribution is -2.57. The predicted molar refractivity (Wildman–Crippen MR) is 96.9 cm³/mol. The Balaban J connectivity index is 1.58. The number of aromatic nitrogens is 2. The largest absolute Gasteiger partial charge is 0.340 e. The summed E-state index contributed by atoms with van der Waals surface area (Å²) in [6.45, 7) is 1.03. The van der Waals surface area contributed by atoms with E-state index in [9.17, 15) is 18.0 Å². The van der Waals surface area contributed by atoms with Crippen molar-refractivity contribution < 1.29 is 18.0 Å². The van der Waals surface area contributed by atoms with Crippen LogP contribution in [-0.2, 0) is 21.2 Å². The van der Waals surface area contributed by atoms with Crippen LogP contribution in [0.1, 0.15) is 37.7 Å². The number of hydrogen-bond acceptors (Lipinski definition) is 6. The summed E-state index contributed by atoms with van der Waals surface area (Å²) in [6.07, 6.45) is 6.59. The van der Waals surface area contributed by atoms with Crippen LogP contribution in [0.15, 0.2) is 11.4 Å². The van der Waals surface area contributed by atoms with E-state index < -0.39 is 9.84 Å². The van der Waals surface area contributed by atoms with E-state index in [1.165, 1.54) is 11.1 Å². The number of piperidine rings is 2. The number of fused-ring (bicyclic) bond motifs is 2. The molecule has 0 aliphatic carbocycles. The quantitative estimate of drug-likeness (QED) is 0.689. The molecule has 4 heterocycles. The summed E-state index contributed by atoms with van der Waals surface area (Å²) in [6, 6.07) is 0.0597. The maximum atomic E-state index is 12.9. The van der Waals surface area contributed by atoms with Crippen LogP contribution in [0.25, 0.3) is 0 Å². The summed E-state index contributed by atoms with van der Waals surface area (Å²) < 4.78 is 23.4. The molecular formula is C17H23N5O4S. The Kier molecular flexibility index (Phi) is 4.32. The summed E-state index contributed by atoms with van der Waals surface area (Å²) in [4.78, 5) is 38.2. The van der Waals surface area contributed by atoms with E-state index in [1.54, 1.807) is 7.05 Å². The van der Waals surface area contributed by atoms with Crippen molar-refractivity contribution in [3.8, 4) is 0 Å². The van der Waals surface area contributed by atoms with Gasteiger partial charge >= 0.3 is 6.03 Å². The Labute approximate surface area is 158 Å². The molecule has 0 radical (unpaired) electrons. The minimum absolute atomic E-state index is 0.0508. The smallest absolute Gasteiger partial charge is 0.325 e. The Morgan fingerprint density at radius 1 is 1.15 bits per heavy atom. The van der Waals surface area contributed by atoms with E-state index in [1.807, 2.05) is 9.80 Å². The number of nitrogens with zero attached hydrogens (tertiary/aromatic N) is 5. The normalized spacial score (nSPS) is 26.1. The second-order valence-corrected chi connectivity index (χ2v) is 9.46. The maximum Gasteiger partial charge on any atom is 0.325 e. The van der Waals surface area contributed by atoms with Crippen LogP contribution in [0.3, 0.4) is 0 Å². The molecule has 0 aromatic carbocycles. The van der Waals surface area contributed by atoms with Crippen molar-refractivity contribution in [2.75, 3.05) is 24.7 Å². The highest BCUT2D eigenvalue weighted by Gasteiger charge is 2.40. The third-order valence-electron chi connectivity index (χ3n) is 5.72. The molecule has 146 valence electrons. The van der Waals surface area contributed by atoms with Crippen molar-refractivity contribution in [1.29, 1.82) is 0 Å². The van der Waals surface area contributed by atoms with Crippen molar-refractivity contribution >= 4 is 27.6 Å². The summed E-state index contributed by atoms with van der Waals surface area (Å²) in [5, 5.41) is -0.275. The van der Waals surface area contributed by atoms with E-state index in [0.717, 1.165) is 37.5 Å². The van der Waals surface area contributed by atoms with Gasteiger partial charge in [0.15, 0.2) is 0 Å². The second-order valence-electron chi connectivity index (χ2n) is 7.55. The van der Waals surface area contributed by atoms with Gasteiger partial charge in [-0.15, -0.1) is 0 Å². The molecule has 1 aromatic heterocycles. The molecule has 0 saturated carbocycles. The molecule has 0 N–H and O–H groups in total. The van der Waals surface area contributed by atoms with Gasteiger partial charge in [0.2, 0.25) is 20.9 Å². The van der Waals surface area contributed by atoms with Crippen LogP contribution >= 0.6 is 0 Å². The van der Waals surface area contributed by atoms with Crippen molar-refractivity contribution in [3.63, 3.8) is 0 Å². The Bertz CT molecular complexity index is 903. The number of hydrogen-bond donors (Lipinski definition) is 0. The number of carbonyl (C=O) groups is 2. The fraction of sp³-hybridized carbons (Fsp3) is 0.647. The van der Waals surface area contributed by atoms with Gasteiger partial charge in [0.25, 0.3) is 0 Å². The number of anilines is 1. The van der Waals surface area contributed by atoms with E-state index in [0.29, 0.717) is 25.3 Å². The standard InChI is InChI=1S/C17H23N5O4S/c1-20-15-11(9-18-16(19-15)27(2,25)26)10-22(17(20)24)13-6-7-21-12(8-13)4-3-5-14(21)23/h9,12-13H,3-8,10H2,1-2H3/t12-,13?/m0/s1. The molecule has 0 spiro atoms. The first kappa shape index (κ1) is 18.1. The van der Waals surface area contributed by atoms with Gasteiger partial charge in [-0.3, -0.25) is 9.69 Å². The van der Waals surface area contributed by atoms with Crippen molar-refractivity contribution in [1.82, 2.24) is 19.8 Å². The first-order valence-corrected chi connectivity index (χ1v) is 11.0. The molecule has 1 unspecified atom stereocenters. The fourth-order valence-electron chi connectivity index (χ4n) is 4.33. The highest BCUT2D eigenvalue weighted by Crippen LogP contribution is 2.34.